The fourth-order valence-electron chi connectivity index (χ4n) is 1.75. The number of benzene rings is 1. The number of hydrogen-bond donors (Lipinski definition) is 1. The Labute approximate surface area is 107 Å². The van der Waals surface area contributed by atoms with Crippen LogP contribution >= 0.6 is 0 Å². The summed E-state index contributed by atoms with van der Waals surface area (Å²) in [7, 11) is 0. The average molecular weight is 243 g/mol. The SMILES string of the molecule is Cc1cc(CO)cnc1Oc1cccc(C)c1C. The maximum atomic E-state index is 9.04. The van der Waals surface area contributed by atoms with Crippen LogP contribution in [0.4, 0.5) is 0 Å². The maximum absolute atomic E-state index is 9.04. The molecule has 0 saturated heterocycles. The van der Waals surface area contributed by atoms with Crippen molar-refractivity contribution >= 4 is 0 Å². The molecule has 0 fully saturated rings. The molecule has 0 aliphatic carbocycles. The van der Waals surface area contributed by atoms with E-state index in [1.54, 1.807) is 6.20 Å². The summed E-state index contributed by atoms with van der Waals surface area (Å²) < 4.78 is 5.83. The summed E-state index contributed by atoms with van der Waals surface area (Å²) >= 11 is 0. The van der Waals surface area contributed by atoms with Crippen molar-refractivity contribution < 1.29 is 9.84 Å². The Morgan fingerprint density at radius 2 is 1.94 bits per heavy atom. The van der Waals surface area contributed by atoms with Gasteiger partial charge in [0.25, 0.3) is 0 Å². The third kappa shape index (κ3) is 2.51. The van der Waals surface area contributed by atoms with Crippen molar-refractivity contribution in [2.75, 3.05) is 0 Å². The van der Waals surface area contributed by atoms with Gasteiger partial charge >= 0.3 is 0 Å². The second-order valence-electron chi connectivity index (χ2n) is 4.42. The molecule has 0 atom stereocenters. The Morgan fingerprint density at radius 3 is 2.61 bits per heavy atom. The molecule has 1 aromatic heterocycles. The molecule has 1 aromatic carbocycles. The van der Waals surface area contributed by atoms with Gasteiger partial charge in [-0.2, -0.15) is 0 Å². The minimum atomic E-state index is -0.00239. The number of pyridine rings is 1. The topological polar surface area (TPSA) is 42.4 Å². The molecule has 0 aliphatic rings. The molecule has 3 heteroatoms. The zero-order chi connectivity index (χ0) is 13.1. The van der Waals surface area contributed by atoms with E-state index in [-0.39, 0.29) is 6.61 Å². The predicted octanol–water partition coefficient (Wildman–Crippen LogP) is 3.29. The van der Waals surface area contributed by atoms with E-state index in [1.165, 1.54) is 5.56 Å². The lowest BCUT2D eigenvalue weighted by Crippen LogP contribution is -1.96. The maximum Gasteiger partial charge on any atom is 0.222 e. The Balaban J connectivity index is 2.31. The first-order chi connectivity index (χ1) is 8.61. The fraction of sp³-hybridized carbons (Fsp3) is 0.267. The van der Waals surface area contributed by atoms with Crippen molar-refractivity contribution in [3.8, 4) is 11.6 Å². The highest BCUT2D eigenvalue weighted by atomic mass is 16.5. The zero-order valence-electron chi connectivity index (χ0n) is 10.9. The van der Waals surface area contributed by atoms with Crippen molar-refractivity contribution in [1.29, 1.82) is 0 Å². The normalized spacial score (nSPS) is 10.4. The van der Waals surface area contributed by atoms with Gasteiger partial charge in [0.15, 0.2) is 0 Å². The Morgan fingerprint density at radius 1 is 1.17 bits per heavy atom. The van der Waals surface area contributed by atoms with Gasteiger partial charge < -0.3 is 9.84 Å². The summed E-state index contributed by atoms with van der Waals surface area (Å²) in [6, 6.07) is 7.84. The molecule has 2 aromatic rings. The third-order valence-corrected chi connectivity index (χ3v) is 3.03. The molecule has 1 heterocycles. The molecule has 94 valence electrons. The van der Waals surface area contributed by atoms with Crippen LogP contribution in [0.15, 0.2) is 30.5 Å². The summed E-state index contributed by atoms with van der Waals surface area (Å²) in [5.74, 6) is 1.41. The number of rotatable bonds is 3. The van der Waals surface area contributed by atoms with Crippen molar-refractivity contribution in [3.63, 3.8) is 0 Å². The van der Waals surface area contributed by atoms with Gasteiger partial charge in [0.1, 0.15) is 5.75 Å². The summed E-state index contributed by atoms with van der Waals surface area (Å²) in [5.41, 5.74) is 4.02. The van der Waals surface area contributed by atoms with Gasteiger partial charge in [-0.05, 0) is 49.6 Å². The summed E-state index contributed by atoms with van der Waals surface area (Å²) in [6.07, 6.45) is 1.63. The van der Waals surface area contributed by atoms with Gasteiger partial charge in [-0.25, -0.2) is 4.98 Å². The third-order valence-electron chi connectivity index (χ3n) is 3.03. The molecule has 0 amide bonds. The second-order valence-corrected chi connectivity index (χ2v) is 4.42. The first-order valence-electron chi connectivity index (χ1n) is 5.92. The summed E-state index contributed by atoms with van der Waals surface area (Å²) in [6.45, 7) is 6.00. The van der Waals surface area contributed by atoms with E-state index in [4.69, 9.17) is 9.84 Å². The first-order valence-corrected chi connectivity index (χ1v) is 5.92. The molecule has 0 saturated carbocycles. The second kappa shape index (κ2) is 5.19. The molecule has 3 nitrogen and oxygen atoms in total. The smallest absolute Gasteiger partial charge is 0.222 e. The minimum Gasteiger partial charge on any atom is -0.438 e. The van der Waals surface area contributed by atoms with Crippen LogP contribution in [0.3, 0.4) is 0 Å². The number of aryl methyl sites for hydroxylation is 2. The van der Waals surface area contributed by atoms with E-state index in [9.17, 15) is 0 Å². The van der Waals surface area contributed by atoms with Crippen LogP contribution in [-0.4, -0.2) is 10.1 Å². The van der Waals surface area contributed by atoms with Gasteiger partial charge in [-0.1, -0.05) is 12.1 Å². The standard InChI is InChI=1S/C15H17NO2/c1-10-5-4-6-14(12(10)3)18-15-11(2)7-13(9-17)8-16-15/h4-8,17H,9H2,1-3H3. The van der Waals surface area contributed by atoms with Gasteiger partial charge in [0.2, 0.25) is 5.88 Å². The predicted molar refractivity (Wildman–Crippen MR) is 70.9 cm³/mol. The monoisotopic (exact) mass is 243 g/mol. The highest BCUT2D eigenvalue weighted by molar-refractivity contribution is 5.41. The molecule has 0 unspecified atom stereocenters. The van der Waals surface area contributed by atoms with E-state index in [0.717, 1.165) is 22.4 Å². The number of aliphatic hydroxyl groups is 1. The quantitative estimate of drug-likeness (QED) is 0.899. The van der Waals surface area contributed by atoms with E-state index in [2.05, 4.69) is 18.0 Å². The van der Waals surface area contributed by atoms with E-state index < -0.39 is 0 Å². The van der Waals surface area contributed by atoms with Crippen molar-refractivity contribution in [2.45, 2.75) is 27.4 Å². The lowest BCUT2D eigenvalue weighted by Gasteiger charge is -2.11. The number of aromatic nitrogens is 1. The lowest BCUT2D eigenvalue weighted by atomic mass is 10.1. The lowest BCUT2D eigenvalue weighted by molar-refractivity contribution is 0.281. The number of hydrogen-bond acceptors (Lipinski definition) is 3. The molecule has 0 radical (unpaired) electrons. The molecule has 1 N–H and O–H groups in total. The zero-order valence-corrected chi connectivity index (χ0v) is 10.9. The van der Waals surface area contributed by atoms with Gasteiger partial charge in [0.05, 0.1) is 6.61 Å². The van der Waals surface area contributed by atoms with Crippen LogP contribution in [0, 0.1) is 20.8 Å². The first kappa shape index (κ1) is 12.6. The van der Waals surface area contributed by atoms with Crippen LogP contribution in [0.25, 0.3) is 0 Å². The van der Waals surface area contributed by atoms with Crippen LogP contribution < -0.4 is 4.74 Å². The van der Waals surface area contributed by atoms with Crippen molar-refractivity contribution in [3.05, 3.63) is 52.7 Å². The molecular weight excluding hydrogens is 226 g/mol. The number of aliphatic hydroxyl groups excluding tert-OH is 1. The molecule has 18 heavy (non-hydrogen) atoms. The number of ether oxygens (including phenoxy) is 1. The van der Waals surface area contributed by atoms with Crippen molar-refractivity contribution in [1.82, 2.24) is 4.98 Å². The number of nitrogens with zero attached hydrogens (tertiary/aromatic N) is 1. The van der Waals surface area contributed by atoms with Crippen LogP contribution in [0.1, 0.15) is 22.3 Å². The minimum absolute atomic E-state index is 0.00239. The fourth-order valence-corrected chi connectivity index (χ4v) is 1.75. The molecule has 0 spiro atoms. The van der Waals surface area contributed by atoms with Crippen molar-refractivity contribution in [2.24, 2.45) is 0 Å². The Bertz CT molecular complexity index is 564. The van der Waals surface area contributed by atoms with Gasteiger partial charge in [0, 0.05) is 11.8 Å². The summed E-state index contributed by atoms with van der Waals surface area (Å²) in [4.78, 5) is 4.23. The van der Waals surface area contributed by atoms with E-state index in [1.807, 2.05) is 32.0 Å². The molecule has 0 aliphatic heterocycles. The van der Waals surface area contributed by atoms with E-state index in [0.29, 0.717) is 5.88 Å². The van der Waals surface area contributed by atoms with Gasteiger partial charge in [-0.15, -0.1) is 0 Å². The summed E-state index contributed by atoms with van der Waals surface area (Å²) in [5, 5.41) is 9.04. The Kier molecular flexibility index (Phi) is 3.63. The highest BCUT2D eigenvalue weighted by Crippen LogP contribution is 2.27. The average Bonchev–Trinajstić information content (AvgIpc) is 2.37. The van der Waals surface area contributed by atoms with Gasteiger partial charge in [-0.3, -0.25) is 0 Å². The van der Waals surface area contributed by atoms with Crippen LogP contribution in [-0.2, 0) is 6.61 Å². The molecular formula is C15H17NO2. The Hall–Kier alpha value is -1.87. The van der Waals surface area contributed by atoms with E-state index >= 15 is 0 Å². The molecule has 0 bridgehead atoms. The van der Waals surface area contributed by atoms with Crippen LogP contribution in [0.2, 0.25) is 0 Å². The molecule has 2 rings (SSSR count). The largest absolute Gasteiger partial charge is 0.438 e. The van der Waals surface area contributed by atoms with Crippen LogP contribution in [0.5, 0.6) is 11.6 Å². The highest BCUT2D eigenvalue weighted by Gasteiger charge is 2.07.